The van der Waals surface area contributed by atoms with Crippen LogP contribution in [-0.2, 0) is 4.79 Å². The minimum atomic E-state index is -0.760. The zero-order chi connectivity index (χ0) is 13.7. The number of carboxylic acids is 1. The number of likely N-dealkylation sites (tertiary alicyclic amines) is 1. The van der Waals surface area contributed by atoms with Gasteiger partial charge in [0.25, 0.3) is 0 Å². The van der Waals surface area contributed by atoms with Crippen molar-refractivity contribution in [2.24, 2.45) is 0 Å². The number of piperidine rings is 1. The summed E-state index contributed by atoms with van der Waals surface area (Å²) in [5.74, 6) is -0.342. The van der Waals surface area contributed by atoms with Crippen molar-refractivity contribution in [3.8, 4) is 5.75 Å². The van der Waals surface area contributed by atoms with Gasteiger partial charge >= 0.3 is 5.97 Å². The third-order valence-corrected chi connectivity index (χ3v) is 3.29. The van der Waals surface area contributed by atoms with E-state index in [0.717, 1.165) is 25.9 Å². The number of aliphatic carboxylic acids is 1. The van der Waals surface area contributed by atoms with E-state index in [2.05, 4.69) is 4.90 Å². The molecule has 4 nitrogen and oxygen atoms in total. The summed E-state index contributed by atoms with van der Waals surface area (Å²) >= 11 is 0. The maximum absolute atomic E-state index is 12.8. The third kappa shape index (κ3) is 4.52. The van der Waals surface area contributed by atoms with Crippen LogP contribution in [0.25, 0.3) is 0 Å². The molecule has 0 saturated carbocycles. The second-order valence-electron chi connectivity index (χ2n) is 4.76. The lowest BCUT2D eigenvalue weighted by molar-refractivity contribution is -0.137. The minimum Gasteiger partial charge on any atom is -0.490 e. The first-order chi connectivity index (χ1) is 9.13. The SMILES string of the molecule is O=C(O)CCN1CCC(Oc2ccc(F)cc2)CC1. The van der Waals surface area contributed by atoms with Gasteiger partial charge in [-0.2, -0.15) is 0 Å². The van der Waals surface area contributed by atoms with Gasteiger partial charge in [0.05, 0.1) is 6.42 Å². The average Bonchev–Trinajstić information content (AvgIpc) is 2.40. The molecular weight excluding hydrogens is 249 g/mol. The standard InChI is InChI=1S/C14H18FNO3/c15-11-1-3-12(4-2-11)19-13-5-8-16(9-6-13)10-7-14(17)18/h1-4,13H,5-10H2,(H,17,18). The van der Waals surface area contributed by atoms with Crippen molar-refractivity contribution >= 4 is 5.97 Å². The summed E-state index contributed by atoms with van der Waals surface area (Å²) in [7, 11) is 0. The van der Waals surface area contributed by atoms with Crippen molar-refractivity contribution in [1.82, 2.24) is 4.90 Å². The monoisotopic (exact) mass is 267 g/mol. The van der Waals surface area contributed by atoms with Crippen molar-refractivity contribution in [3.05, 3.63) is 30.1 Å². The van der Waals surface area contributed by atoms with Crippen LogP contribution in [0, 0.1) is 5.82 Å². The molecule has 1 aromatic rings. The highest BCUT2D eigenvalue weighted by Gasteiger charge is 2.20. The van der Waals surface area contributed by atoms with Gasteiger partial charge in [-0.05, 0) is 37.1 Å². The first kappa shape index (κ1) is 13.8. The molecule has 0 spiro atoms. The highest BCUT2D eigenvalue weighted by atomic mass is 19.1. The van der Waals surface area contributed by atoms with E-state index in [9.17, 15) is 9.18 Å². The molecule has 1 fully saturated rings. The maximum Gasteiger partial charge on any atom is 0.304 e. The Morgan fingerprint density at radius 2 is 1.95 bits per heavy atom. The fourth-order valence-electron chi connectivity index (χ4n) is 2.21. The molecule has 1 aliphatic rings. The van der Waals surface area contributed by atoms with Crippen molar-refractivity contribution in [2.45, 2.75) is 25.4 Å². The summed E-state index contributed by atoms with van der Waals surface area (Å²) in [5.41, 5.74) is 0. The van der Waals surface area contributed by atoms with Gasteiger partial charge < -0.3 is 14.7 Å². The van der Waals surface area contributed by atoms with Gasteiger partial charge in [0.15, 0.2) is 0 Å². The Labute approximate surface area is 111 Å². The largest absolute Gasteiger partial charge is 0.490 e. The van der Waals surface area contributed by atoms with Crippen molar-refractivity contribution < 1.29 is 19.0 Å². The number of carbonyl (C=O) groups is 1. The lowest BCUT2D eigenvalue weighted by atomic mass is 10.1. The fourth-order valence-corrected chi connectivity index (χ4v) is 2.21. The molecule has 1 saturated heterocycles. The predicted molar refractivity (Wildman–Crippen MR) is 68.7 cm³/mol. The lowest BCUT2D eigenvalue weighted by Crippen LogP contribution is -2.39. The summed E-state index contributed by atoms with van der Waals surface area (Å²) in [4.78, 5) is 12.6. The van der Waals surface area contributed by atoms with Crippen LogP contribution in [0.15, 0.2) is 24.3 Å². The molecule has 0 radical (unpaired) electrons. The second-order valence-corrected chi connectivity index (χ2v) is 4.76. The van der Waals surface area contributed by atoms with E-state index in [1.807, 2.05) is 0 Å². The van der Waals surface area contributed by atoms with Crippen LogP contribution in [0.4, 0.5) is 4.39 Å². The third-order valence-electron chi connectivity index (χ3n) is 3.29. The number of carboxylic acid groups (broad SMARTS) is 1. The van der Waals surface area contributed by atoms with Crippen LogP contribution in [-0.4, -0.2) is 41.7 Å². The Bertz CT molecular complexity index is 413. The number of hydrogen-bond donors (Lipinski definition) is 1. The van der Waals surface area contributed by atoms with E-state index >= 15 is 0 Å². The van der Waals surface area contributed by atoms with E-state index in [0.29, 0.717) is 12.3 Å². The van der Waals surface area contributed by atoms with E-state index in [1.165, 1.54) is 12.1 Å². The molecule has 0 unspecified atom stereocenters. The molecule has 0 bridgehead atoms. The van der Waals surface area contributed by atoms with Crippen LogP contribution < -0.4 is 4.74 Å². The van der Waals surface area contributed by atoms with Gasteiger partial charge in [0, 0.05) is 19.6 Å². The molecule has 0 aromatic heterocycles. The molecule has 104 valence electrons. The van der Waals surface area contributed by atoms with Crippen LogP contribution in [0.2, 0.25) is 0 Å². The number of rotatable bonds is 5. The zero-order valence-corrected chi connectivity index (χ0v) is 10.7. The molecule has 1 aromatic carbocycles. The van der Waals surface area contributed by atoms with Gasteiger partial charge in [0.2, 0.25) is 0 Å². The molecule has 1 aliphatic heterocycles. The van der Waals surface area contributed by atoms with Gasteiger partial charge in [-0.1, -0.05) is 0 Å². The number of ether oxygens (including phenoxy) is 1. The highest BCUT2D eigenvalue weighted by molar-refractivity contribution is 5.66. The average molecular weight is 267 g/mol. The Kier molecular flexibility index (Phi) is 4.74. The van der Waals surface area contributed by atoms with E-state index in [1.54, 1.807) is 12.1 Å². The van der Waals surface area contributed by atoms with E-state index in [4.69, 9.17) is 9.84 Å². The summed E-state index contributed by atoms with van der Waals surface area (Å²) in [6.45, 7) is 2.29. The van der Waals surface area contributed by atoms with Crippen molar-refractivity contribution in [3.63, 3.8) is 0 Å². The molecule has 19 heavy (non-hydrogen) atoms. The van der Waals surface area contributed by atoms with Crippen LogP contribution in [0.1, 0.15) is 19.3 Å². The quantitative estimate of drug-likeness (QED) is 0.888. The Morgan fingerprint density at radius 1 is 1.32 bits per heavy atom. The number of halogens is 1. The predicted octanol–water partition coefficient (Wildman–Crippen LogP) is 2.14. The Hall–Kier alpha value is -1.62. The van der Waals surface area contributed by atoms with E-state index in [-0.39, 0.29) is 18.3 Å². The highest BCUT2D eigenvalue weighted by Crippen LogP contribution is 2.19. The molecule has 0 amide bonds. The summed E-state index contributed by atoms with van der Waals surface area (Å²) < 4.78 is 18.5. The summed E-state index contributed by atoms with van der Waals surface area (Å²) in [6, 6.07) is 6.03. The minimum absolute atomic E-state index is 0.131. The first-order valence-corrected chi connectivity index (χ1v) is 6.50. The van der Waals surface area contributed by atoms with Gasteiger partial charge in [0.1, 0.15) is 17.7 Å². The van der Waals surface area contributed by atoms with Crippen LogP contribution in [0.3, 0.4) is 0 Å². The number of nitrogens with zero attached hydrogens (tertiary/aromatic N) is 1. The summed E-state index contributed by atoms with van der Waals surface area (Å²) in [6.07, 6.45) is 2.06. The molecule has 0 aliphatic carbocycles. The molecule has 1 N–H and O–H groups in total. The first-order valence-electron chi connectivity index (χ1n) is 6.50. The number of benzene rings is 1. The van der Waals surface area contributed by atoms with Gasteiger partial charge in [-0.15, -0.1) is 0 Å². The molecule has 5 heteroatoms. The molecule has 2 rings (SSSR count). The molecular formula is C14H18FNO3. The zero-order valence-electron chi connectivity index (χ0n) is 10.7. The topological polar surface area (TPSA) is 49.8 Å². The number of hydrogen-bond acceptors (Lipinski definition) is 3. The Morgan fingerprint density at radius 3 is 2.53 bits per heavy atom. The lowest BCUT2D eigenvalue weighted by Gasteiger charge is -2.31. The maximum atomic E-state index is 12.8. The fraction of sp³-hybridized carbons (Fsp3) is 0.500. The van der Waals surface area contributed by atoms with Crippen LogP contribution in [0.5, 0.6) is 5.75 Å². The van der Waals surface area contributed by atoms with E-state index < -0.39 is 5.97 Å². The van der Waals surface area contributed by atoms with Gasteiger partial charge in [-0.3, -0.25) is 4.79 Å². The Balaban J connectivity index is 1.74. The van der Waals surface area contributed by atoms with Crippen molar-refractivity contribution in [2.75, 3.05) is 19.6 Å². The second kappa shape index (κ2) is 6.52. The van der Waals surface area contributed by atoms with Crippen LogP contribution >= 0.6 is 0 Å². The normalized spacial score (nSPS) is 17.3. The molecule has 0 atom stereocenters. The van der Waals surface area contributed by atoms with Gasteiger partial charge in [-0.25, -0.2) is 4.39 Å². The summed E-state index contributed by atoms with van der Waals surface area (Å²) in [5, 5.41) is 8.63. The molecule has 1 heterocycles. The smallest absolute Gasteiger partial charge is 0.304 e. The van der Waals surface area contributed by atoms with Crippen molar-refractivity contribution in [1.29, 1.82) is 0 Å².